The number of rotatable bonds is 2. The van der Waals surface area contributed by atoms with Gasteiger partial charge in [0.2, 0.25) is 0 Å². The molecule has 0 N–H and O–H groups in total. The first kappa shape index (κ1) is 14.2. The average Bonchev–Trinajstić information content (AvgIpc) is 2.52. The highest BCUT2D eigenvalue weighted by Crippen LogP contribution is 2.35. The van der Waals surface area contributed by atoms with Gasteiger partial charge in [0.25, 0.3) is 5.56 Å². The van der Waals surface area contributed by atoms with Crippen LogP contribution in [0, 0.1) is 5.92 Å². The molecule has 1 saturated heterocycles. The second-order valence-corrected chi connectivity index (χ2v) is 7.35. The number of pyridine rings is 1. The van der Waals surface area contributed by atoms with Gasteiger partial charge in [0.15, 0.2) is 0 Å². The molecule has 0 spiro atoms. The van der Waals surface area contributed by atoms with Gasteiger partial charge in [0, 0.05) is 37.8 Å². The van der Waals surface area contributed by atoms with Gasteiger partial charge in [-0.25, -0.2) is 0 Å². The zero-order valence-corrected chi connectivity index (χ0v) is 14.0. The summed E-state index contributed by atoms with van der Waals surface area (Å²) in [5, 5.41) is 0. The summed E-state index contributed by atoms with van der Waals surface area (Å²) in [6.45, 7) is 4.00. The van der Waals surface area contributed by atoms with Crippen molar-refractivity contribution in [3.63, 3.8) is 0 Å². The Bertz CT molecular complexity index is 740. The van der Waals surface area contributed by atoms with E-state index in [1.54, 1.807) is 0 Å². The third-order valence-electron chi connectivity index (χ3n) is 4.88. The number of halogens is 1. The standard InChI is InChI=1S/C18H19BrN2O/c19-16-6-7-17-15-8-14(11-21(17)18(16)22)10-20(12-15)9-13-4-2-1-3-5-13/h1-7,14-15H,8-12H2. The number of piperidine rings is 1. The zero-order valence-electron chi connectivity index (χ0n) is 12.4. The van der Waals surface area contributed by atoms with Gasteiger partial charge in [-0.3, -0.25) is 9.69 Å². The quantitative estimate of drug-likeness (QED) is 0.823. The van der Waals surface area contributed by atoms with Crippen molar-refractivity contribution in [2.45, 2.75) is 25.4 Å². The molecule has 0 amide bonds. The van der Waals surface area contributed by atoms with Gasteiger partial charge < -0.3 is 4.57 Å². The van der Waals surface area contributed by atoms with E-state index < -0.39 is 0 Å². The van der Waals surface area contributed by atoms with Crippen LogP contribution >= 0.6 is 15.9 Å². The van der Waals surface area contributed by atoms with Crippen molar-refractivity contribution in [1.82, 2.24) is 9.47 Å². The molecular formula is C18H19BrN2O. The predicted molar refractivity (Wildman–Crippen MR) is 91.0 cm³/mol. The van der Waals surface area contributed by atoms with Crippen molar-refractivity contribution in [3.05, 3.63) is 68.5 Å². The summed E-state index contributed by atoms with van der Waals surface area (Å²) in [7, 11) is 0. The Balaban J connectivity index is 1.60. The van der Waals surface area contributed by atoms with Crippen molar-refractivity contribution in [2.24, 2.45) is 5.92 Å². The van der Waals surface area contributed by atoms with E-state index in [-0.39, 0.29) is 5.56 Å². The largest absolute Gasteiger partial charge is 0.311 e. The molecule has 0 aliphatic carbocycles. The fourth-order valence-electron chi connectivity index (χ4n) is 3.99. The van der Waals surface area contributed by atoms with Gasteiger partial charge in [-0.05, 0) is 46.0 Å². The minimum absolute atomic E-state index is 0.128. The molecule has 2 aliphatic heterocycles. The Morgan fingerprint density at radius 3 is 2.68 bits per heavy atom. The SMILES string of the molecule is O=c1c(Br)ccc2n1CC1CC2CN(Cc2ccccc2)C1. The molecule has 2 atom stereocenters. The zero-order chi connectivity index (χ0) is 15.1. The molecule has 2 bridgehead atoms. The third kappa shape index (κ3) is 2.55. The van der Waals surface area contributed by atoms with E-state index in [2.05, 4.69) is 57.2 Å². The summed E-state index contributed by atoms with van der Waals surface area (Å²) in [4.78, 5) is 14.9. The number of hydrogen-bond donors (Lipinski definition) is 0. The number of fused-ring (bicyclic) bond motifs is 4. The molecule has 3 heterocycles. The van der Waals surface area contributed by atoms with E-state index in [0.717, 1.165) is 26.2 Å². The topological polar surface area (TPSA) is 25.2 Å². The highest BCUT2D eigenvalue weighted by Gasteiger charge is 2.34. The van der Waals surface area contributed by atoms with Gasteiger partial charge in [0.1, 0.15) is 0 Å². The summed E-state index contributed by atoms with van der Waals surface area (Å²) >= 11 is 3.37. The Labute approximate surface area is 138 Å². The minimum Gasteiger partial charge on any atom is -0.311 e. The highest BCUT2D eigenvalue weighted by atomic mass is 79.9. The van der Waals surface area contributed by atoms with Crippen LogP contribution in [0.4, 0.5) is 0 Å². The lowest BCUT2D eigenvalue weighted by molar-refractivity contribution is 0.114. The van der Waals surface area contributed by atoms with Gasteiger partial charge in [-0.2, -0.15) is 0 Å². The molecule has 0 saturated carbocycles. The lowest BCUT2D eigenvalue weighted by Crippen LogP contribution is -2.46. The van der Waals surface area contributed by atoms with Crippen LogP contribution in [0.25, 0.3) is 0 Å². The van der Waals surface area contributed by atoms with Crippen molar-refractivity contribution in [3.8, 4) is 0 Å². The van der Waals surface area contributed by atoms with Crippen LogP contribution in [0.3, 0.4) is 0 Å². The summed E-state index contributed by atoms with van der Waals surface area (Å²) in [5.74, 6) is 1.07. The Morgan fingerprint density at radius 2 is 1.86 bits per heavy atom. The normalized spacial score (nSPS) is 24.0. The lowest BCUT2D eigenvalue weighted by Gasteiger charge is -2.43. The minimum atomic E-state index is 0.128. The van der Waals surface area contributed by atoms with Crippen LogP contribution in [0.5, 0.6) is 0 Å². The van der Waals surface area contributed by atoms with Crippen LogP contribution in [0.2, 0.25) is 0 Å². The van der Waals surface area contributed by atoms with Gasteiger partial charge in [0.05, 0.1) is 4.47 Å². The molecule has 114 valence electrons. The van der Waals surface area contributed by atoms with E-state index >= 15 is 0 Å². The first-order valence-electron chi connectivity index (χ1n) is 7.86. The summed E-state index contributed by atoms with van der Waals surface area (Å²) in [6, 6.07) is 14.7. The van der Waals surface area contributed by atoms with Crippen molar-refractivity contribution < 1.29 is 0 Å². The lowest BCUT2D eigenvalue weighted by atomic mass is 9.83. The maximum atomic E-state index is 12.3. The van der Waals surface area contributed by atoms with Crippen molar-refractivity contribution >= 4 is 15.9 Å². The summed E-state index contributed by atoms with van der Waals surface area (Å²) < 4.78 is 2.67. The molecule has 22 heavy (non-hydrogen) atoms. The second kappa shape index (κ2) is 5.67. The van der Waals surface area contributed by atoms with Gasteiger partial charge >= 0.3 is 0 Å². The van der Waals surface area contributed by atoms with Gasteiger partial charge in [-0.15, -0.1) is 0 Å². The Hall–Kier alpha value is -1.39. The van der Waals surface area contributed by atoms with E-state index in [1.165, 1.54) is 17.7 Å². The molecule has 2 aromatic rings. The molecule has 1 aromatic carbocycles. The molecule has 1 fully saturated rings. The monoisotopic (exact) mass is 358 g/mol. The fraction of sp³-hybridized carbons (Fsp3) is 0.389. The third-order valence-corrected chi connectivity index (χ3v) is 5.49. The van der Waals surface area contributed by atoms with E-state index in [9.17, 15) is 4.79 Å². The van der Waals surface area contributed by atoms with Crippen molar-refractivity contribution in [1.29, 1.82) is 0 Å². The molecule has 2 aliphatic rings. The van der Waals surface area contributed by atoms with Crippen LogP contribution < -0.4 is 5.56 Å². The molecule has 1 aromatic heterocycles. The summed E-state index contributed by atoms with van der Waals surface area (Å²) in [6.07, 6.45) is 1.21. The average molecular weight is 359 g/mol. The maximum absolute atomic E-state index is 12.3. The summed E-state index contributed by atoms with van der Waals surface area (Å²) in [5.41, 5.74) is 2.71. The first-order chi connectivity index (χ1) is 10.7. The predicted octanol–water partition coefficient (Wildman–Crippen LogP) is 3.23. The van der Waals surface area contributed by atoms with Crippen LogP contribution in [-0.4, -0.2) is 22.6 Å². The van der Waals surface area contributed by atoms with E-state index in [1.807, 2.05) is 10.6 Å². The van der Waals surface area contributed by atoms with E-state index in [4.69, 9.17) is 0 Å². The molecular weight excluding hydrogens is 340 g/mol. The van der Waals surface area contributed by atoms with Crippen LogP contribution in [-0.2, 0) is 13.1 Å². The second-order valence-electron chi connectivity index (χ2n) is 6.50. The first-order valence-corrected chi connectivity index (χ1v) is 8.65. The molecule has 3 nitrogen and oxygen atoms in total. The highest BCUT2D eigenvalue weighted by molar-refractivity contribution is 9.10. The maximum Gasteiger partial charge on any atom is 0.265 e. The Morgan fingerprint density at radius 1 is 1.05 bits per heavy atom. The fourth-order valence-corrected chi connectivity index (χ4v) is 4.34. The number of aromatic nitrogens is 1. The number of nitrogens with zero attached hydrogens (tertiary/aromatic N) is 2. The van der Waals surface area contributed by atoms with Crippen LogP contribution in [0.15, 0.2) is 51.7 Å². The van der Waals surface area contributed by atoms with Crippen molar-refractivity contribution in [2.75, 3.05) is 13.1 Å². The van der Waals surface area contributed by atoms with E-state index in [0.29, 0.717) is 16.3 Å². The Kier molecular flexibility index (Phi) is 3.66. The smallest absolute Gasteiger partial charge is 0.265 e. The van der Waals surface area contributed by atoms with Gasteiger partial charge in [-0.1, -0.05) is 30.3 Å². The molecule has 2 unspecified atom stereocenters. The molecule has 0 radical (unpaired) electrons. The molecule has 4 rings (SSSR count). The number of hydrogen-bond acceptors (Lipinski definition) is 2. The number of benzene rings is 1. The molecule has 4 heteroatoms. The van der Waals surface area contributed by atoms with Crippen LogP contribution in [0.1, 0.15) is 23.6 Å². The number of likely N-dealkylation sites (tertiary alicyclic amines) is 1.